The van der Waals surface area contributed by atoms with Crippen LogP contribution in [0.25, 0.3) is 0 Å². The van der Waals surface area contributed by atoms with Gasteiger partial charge in [0.2, 0.25) is 0 Å². The summed E-state index contributed by atoms with van der Waals surface area (Å²) in [6.45, 7) is 4.55. The fourth-order valence-electron chi connectivity index (χ4n) is 2.17. The number of hydrogen-bond acceptors (Lipinski definition) is 0. The van der Waals surface area contributed by atoms with E-state index in [-0.39, 0.29) is 0 Å². The molecule has 0 aromatic heterocycles. The second-order valence-corrected chi connectivity index (χ2v) is 4.96. The summed E-state index contributed by atoms with van der Waals surface area (Å²) in [5, 5.41) is 0. The molecule has 2 rings (SSSR count). The van der Waals surface area contributed by atoms with Crippen LogP contribution in [0.2, 0.25) is 0 Å². The molecular formula is C16H20. The van der Waals surface area contributed by atoms with E-state index in [2.05, 4.69) is 56.0 Å². The van der Waals surface area contributed by atoms with Gasteiger partial charge in [-0.25, -0.2) is 0 Å². The third-order valence-corrected chi connectivity index (χ3v) is 3.60. The van der Waals surface area contributed by atoms with Crippen LogP contribution in [0.3, 0.4) is 0 Å². The number of benzene rings is 1. The third-order valence-electron chi connectivity index (χ3n) is 3.60. The Bertz CT molecular complexity index is 393. The molecule has 0 spiro atoms. The molecule has 0 aliphatic heterocycles. The fourth-order valence-corrected chi connectivity index (χ4v) is 2.17. The minimum Gasteiger partial charge on any atom is -0.103 e. The van der Waals surface area contributed by atoms with Crippen LogP contribution in [0.5, 0.6) is 0 Å². The van der Waals surface area contributed by atoms with Crippen molar-refractivity contribution in [1.82, 2.24) is 0 Å². The molecule has 1 saturated carbocycles. The number of hydrogen-bond donors (Lipinski definition) is 0. The van der Waals surface area contributed by atoms with E-state index in [0.717, 1.165) is 6.42 Å². The van der Waals surface area contributed by atoms with E-state index in [1.54, 1.807) is 0 Å². The van der Waals surface area contributed by atoms with Gasteiger partial charge in [-0.1, -0.05) is 56.5 Å². The van der Waals surface area contributed by atoms with Crippen molar-refractivity contribution in [3.05, 3.63) is 35.9 Å². The van der Waals surface area contributed by atoms with Gasteiger partial charge in [0.1, 0.15) is 0 Å². The van der Waals surface area contributed by atoms with Crippen molar-refractivity contribution in [2.24, 2.45) is 5.92 Å². The van der Waals surface area contributed by atoms with Gasteiger partial charge in [-0.15, -0.1) is 5.92 Å². The molecule has 1 aromatic rings. The Balaban J connectivity index is 1.96. The van der Waals surface area contributed by atoms with Crippen LogP contribution in [0, 0.1) is 17.8 Å². The van der Waals surface area contributed by atoms with Crippen molar-refractivity contribution in [2.75, 3.05) is 0 Å². The van der Waals surface area contributed by atoms with E-state index in [1.807, 2.05) is 0 Å². The average Bonchev–Trinajstić information content (AvgIpc) is 2.99. The summed E-state index contributed by atoms with van der Waals surface area (Å²) in [4.78, 5) is 0. The van der Waals surface area contributed by atoms with Crippen LogP contribution in [0.15, 0.2) is 30.3 Å². The molecule has 0 saturated heterocycles. The highest BCUT2D eigenvalue weighted by Crippen LogP contribution is 2.53. The summed E-state index contributed by atoms with van der Waals surface area (Å²) in [5.74, 6) is 7.34. The number of unbranched alkanes of at least 4 members (excludes halogenated alkanes) is 2. The van der Waals surface area contributed by atoms with Crippen LogP contribution in [-0.2, 0) is 5.41 Å². The van der Waals surface area contributed by atoms with E-state index in [1.165, 1.54) is 24.8 Å². The van der Waals surface area contributed by atoms with E-state index in [0.29, 0.717) is 11.3 Å². The molecule has 0 N–H and O–H groups in total. The number of rotatable bonds is 3. The first kappa shape index (κ1) is 11.3. The van der Waals surface area contributed by atoms with E-state index >= 15 is 0 Å². The predicted molar refractivity (Wildman–Crippen MR) is 69.2 cm³/mol. The molecular weight excluding hydrogens is 192 g/mol. The maximum Gasteiger partial charge on any atom is 0.0306 e. The van der Waals surface area contributed by atoms with Crippen LogP contribution >= 0.6 is 0 Å². The second kappa shape index (κ2) is 4.74. The zero-order valence-electron chi connectivity index (χ0n) is 10.3. The van der Waals surface area contributed by atoms with Crippen LogP contribution < -0.4 is 0 Å². The van der Waals surface area contributed by atoms with Crippen molar-refractivity contribution in [1.29, 1.82) is 0 Å². The molecule has 0 unspecified atom stereocenters. The van der Waals surface area contributed by atoms with Crippen molar-refractivity contribution < 1.29 is 0 Å². The van der Waals surface area contributed by atoms with Gasteiger partial charge in [-0.3, -0.25) is 0 Å². The van der Waals surface area contributed by atoms with Crippen LogP contribution in [-0.4, -0.2) is 0 Å². The summed E-state index contributed by atoms with van der Waals surface area (Å²) in [5.41, 5.74) is 1.78. The topological polar surface area (TPSA) is 0 Å². The highest BCUT2D eigenvalue weighted by Gasteiger charge is 2.50. The van der Waals surface area contributed by atoms with Crippen molar-refractivity contribution in [3.8, 4) is 11.8 Å². The fraction of sp³-hybridized carbons (Fsp3) is 0.500. The highest BCUT2D eigenvalue weighted by atomic mass is 14.5. The Kier molecular flexibility index (Phi) is 3.34. The molecule has 1 fully saturated rings. The van der Waals surface area contributed by atoms with E-state index in [4.69, 9.17) is 0 Å². The van der Waals surface area contributed by atoms with Gasteiger partial charge in [0, 0.05) is 17.8 Å². The summed E-state index contributed by atoms with van der Waals surface area (Å²) in [7, 11) is 0. The van der Waals surface area contributed by atoms with E-state index in [9.17, 15) is 0 Å². The van der Waals surface area contributed by atoms with Gasteiger partial charge < -0.3 is 0 Å². The van der Waals surface area contributed by atoms with E-state index < -0.39 is 0 Å². The minimum absolute atomic E-state index is 0.334. The quantitative estimate of drug-likeness (QED) is 0.521. The first-order chi connectivity index (χ1) is 7.77. The van der Waals surface area contributed by atoms with Crippen molar-refractivity contribution >= 4 is 0 Å². The maximum absolute atomic E-state index is 3.43. The van der Waals surface area contributed by atoms with Crippen LogP contribution in [0.4, 0.5) is 0 Å². The minimum atomic E-state index is 0.334. The summed E-state index contributed by atoms with van der Waals surface area (Å²) < 4.78 is 0. The zero-order valence-corrected chi connectivity index (χ0v) is 10.3. The molecule has 0 nitrogen and oxygen atoms in total. The molecule has 2 atom stereocenters. The first-order valence-corrected chi connectivity index (χ1v) is 6.31. The molecule has 1 aliphatic rings. The Morgan fingerprint density at radius 1 is 1.31 bits per heavy atom. The van der Waals surface area contributed by atoms with Gasteiger partial charge in [0.15, 0.2) is 0 Å². The lowest BCUT2D eigenvalue weighted by atomic mass is 9.96. The largest absolute Gasteiger partial charge is 0.103 e. The molecule has 0 radical (unpaired) electrons. The zero-order chi connectivity index (χ0) is 11.4. The van der Waals surface area contributed by atoms with Crippen molar-refractivity contribution in [2.45, 2.75) is 44.9 Å². The monoisotopic (exact) mass is 212 g/mol. The molecule has 16 heavy (non-hydrogen) atoms. The Morgan fingerprint density at radius 2 is 2.06 bits per heavy atom. The normalized spacial score (nSPS) is 27.0. The summed E-state index contributed by atoms with van der Waals surface area (Å²) in [6, 6.07) is 10.8. The smallest absolute Gasteiger partial charge is 0.0306 e. The first-order valence-electron chi connectivity index (χ1n) is 6.31. The van der Waals surface area contributed by atoms with Gasteiger partial charge in [-0.05, 0) is 18.4 Å². The Labute approximate surface area is 99.1 Å². The van der Waals surface area contributed by atoms with Crippen molar-refractivity contribution in [3.63, 3.8) is 0 Å². The third kappa shape index (κ3) is 2.30. The molecule has 84 valence electrons. The average molecular weight is 212 g/mol. The lowest BCUT2D eigenvalue weighted by Gasteiger charge is -2.08. The molecule has 0 heterocycles. The highest BCUT2D eigenvalue weighted by molar-refractivity contribution is 5.37. The van der Waals surface area contributed by atoms with Gasteiger partial charge in [0.25, 0.3) is 0 Å². The second-order valence-electron chi connectivity index (χ2n) is 4.96. The predicted octanol–water partition coefficient (Wildman–Crippen LogP) is 4.16. The SMILES string of the molecule is CCCCC#C[C@H]1C[C@]1(C)c1ccccc1. The molecule has 0 bridgehead atoms. The van der Waals surface area contributed by atoms with Gasteiger partial charge in [0.05, 0.1) is 0 Å². The molecule has 0 amide bonds. The van der Waals surface area contributed by atoms with Gasteiger partial charge >= 0.3 is 0 Å². The molecule has 1 aromatic carbocycles. The Morgan fingerprint density at radius 3 is 2.75 bits per heavy atom. The van der Waals surface area contributed by atoms with Crippen LogP contribution in [0.1, 0.15) is 45.1 Å². The van der Waals surface area contributed by atoms with Gasteiger partial charge in [-0.2, -0.15) is 0 Å². The Hall–Kier alpha value is -1.22. The molecule has 0 heteroatoms. The molecule has 1 aliphatic carbocycles. The maximum atomic E-state index is 3.43. The summed E-state index contributed by atoms with van der Waals surface area (Å²) in [6.07, 6.45) is 4.78. The standard InChI is InChI=1S/C16H20/c1-3-4-5-7-12-15-13-16(15,2)14-10-8-6-9-11-14/h6,8-11,15H,3-5,13H2,1-2H3/t15-,16+/m0/s1. The summed E-state index contributed by atoms with van der Waals surface area (Å²) >= 11 is 0. The lowest BCUT2D eigenvalue weighted by Crippen LogP contribution is -2.02. The lowest BCUT2D eigenvalue weighted by molar-refractivity contribution is 0.744.